The molecule has 0 radical (unpaired) electrons. The second kappa shape index (κ2) is 5.33. The van der Waals surface area contributed by atoms with Crippen molar-refractivity contribution in [3.63, 3.8) is 0 Å². The number of halogens is 1. The number of hydrogen-bond donors (Lipinski definition) is 1. The summed E-state index contributed by atoms with van der Waals surface area (Å²) in [5, 5.41) is 9.16. The standard InChI is InChI=1S/C14H16BrNO3/c1-14(13(18)19)6-7-16(9-14)12(17)8-10-4-2-3-5-11(10)15/h2-5H,6-9H2,1H3,(H,18,19)/t14-/m1/s1. The number of likely N-dealkylation sites (tertiary alicyclic amines) is 1. The maximum atomic E-state index is 12.2. The van der Waals surface area contributed by atoms with Gasteiger partial charge in [-0.15, -0.1) is 0 Å². The monoisotopic (exact) mass is 325 g/mol. The lowest BCUT2D eigenvalue weighted by molar-refractivity contribution is -0.147. The molecule has 0 saturated carbocycles. The average Bonchev–Trinajstić information content (AvgIpc) is 2.76. The van der Waals surface area contributed by atoms with Crippen molar-refractivity contribution in [3.8, 4) is 0 Å². The summed E-state index contributed by atoms with van der Waals surface area (Å²) >= 11 is 3.41. The van der Waals surface area contributed by atoms with E-state index in [1.807, 2.05) is 24.3 Å². The summed E-state index contributed by atoms with van der Waals surface area (Å²) in [4.78, 5) is 25.0. The lowest BCUT2D eigenvalue weighted by atomic mass is 9.90. The SMILES string of the molecule is C[C@@]1(C(=O)O)CCN(C(=O)Cc2ccccc2Br)C1. The molecule has 0 aromatic heterocycles. The maximum Gasteiger partial charge on any atom is 0.311 e. The van der Waals surface area contributed by atoms with E-state index in [-0.39, 0.29) is 5.91 Å². The number of carbonyl (C=O) groups is 2. The van der Waals surface area contributed by atoms with E-state index in [1.54, 1.807) is 11.8 Å². The maximum absolute atomic E-state index is 12.2. The van der Waals surface area contributed by atoms with Crippen molar-refractivity contribution in [2.45, 2.75) is 19.8 Å². The Kier molecular flexibility index (Phi) is 3.94. The number of carbonyl (C=O) groups excluding carboxylic acids is 1. The van der Waals surface area contributed by atoms with Gasteiger partial charge in [-0.25, -0.2) is 0 Å². The Balaban J connectivity index is 2.03. The van der Waals surface area contributed by atoms with E-state index in [4.69, 9.17) is 5.11 Å². The molecule has 0 unspecified atom stereocenters. The number of carboxylic acid groups (broad SMARTS) is 1. The largest absolute Gasteiger partial charge is 0.481 e. The van der Waals surface area contributed by atoms with Gasteiger partial charge in [0, 0.05) is 17.6 Å². The number of hydrogen-bond acceptors (Lipinski definition) is 2. The fourth-order valence-corrected chi connectivity index (χ4v) is 2.69. The molecule has 1 aliphatic heterocycles. The van der Waals surface area contributed by atoms with E-state index in [1.165, 1.54) is 0 Å². The highest BCUT2D eigenvalue weighted by Gasteiger charge is 2.41. The molecular formula is C14H16BrNO3. The van der Waals surface area contributed by atoms with Gasteiger partial charge in [-0.3, -0.25) is 9.59 Å². The molecule has 1 aromatic rings. The quantitative estimate of drug-likeness (QED) is 0.927. The minimum Gasteiger partial charge on any atom is -0.481 e. The predicted molar refractivity (Wildman–Crippen MR) is 74.8 cm³/mol. The third kappa shape index (κ3) is 2.97. The van der Waals surface area contributed by atoms with Crippen LogP contribution in [0.3, 0.4) is 0 Å². The average molecular weight is 326 g/mol. The molecule has 1 N–H and O–H groups in total. The van der Waals surface area contributed by atoms with Gasteiger partial charge >= 0.3 is 5.97 Å². The van der Waals surface area contributed by atoms with E-state index in [2.05, 4.69) is 15.9 Å². The van der Waals surface area contributed by atoms with Gasteiger partial charge in [0.1, 0.15) is 0 Å². The molecule has 0 spiro atoms. The normalized spacial score (nSPS) is 22.5. The molecule has 1 fully saturated rings. The van der Waals surface area contributed by atoms with Crippen LogP contribution in [0.5, 0.6) is 0 Å². The van der Waals surface area contributed by atoms with Crippen molar-refractivity contribution in [3.05, 3.63) is 34.3 Å². The zero-order valence-electron chi connectivity index (χ0n) is 10.7. The van der Waals surface area contributed by atoms with Crippen LogP contribution in [0.15, 0.2) is 28.7 Å². The first-order valence-corrected chi connectivity index (χ1v) is 6.96. The van der Waals surface area contributed by atoms with Crippen LogP contribution >= 0.6 is 15.9 Å². The molecule has 2 rings (SSSR count). The van der Waals surface area contributed by atoms with Gasteiger partial charge in [0.2, 0.25) is 5.91 Å². The fraction of sp³-hybridized carbons (Fsp3) is 0.429. The van der Waals surface area contributed by atoms with E-state index >= 15 is 0 Å². The third-order valence-corrected chi connectivity index (χ3v) is 4.42. The Bertz CT molecular complexity index is 517. The molecule has 102 valence electrons. The smallest absolute Gasteiger partial charge is 0.311 e. The van der Waals surface area contributed by atoms with Gasteiger partial charge in [-0.05, 0) is 25.0 Å². The summed E-state index contributed by atoms with van der Waals surface area (Å²) in [6, 6.07) is 7.58. The van der Waals surface area contributed by atoms with Gasteiger partial charge in [0.25, 0.3) is 0 Å². The number of rotatable bonds is 3. The van der Waals surface area contributed by atoms with E-state index in [0.717, 1.165) is 10.0 Å². The number of amides is 1. The zero-order chi connectivity index (χ0) is 14.0. The highest BCUT2D eigenvalue weighted by atomic mass is 79.9. The van der Waals surface area contributed by atoms with Crippen LogP contribution < -0.4 is 0 Å². The lowest BCUT2D eigenvalue weighted by Crippen LogP contribution is -2.35. The molecular weight excluding hydrogens is 310 g/mol. The van der Waals surface area contributed by atoms with Crippen molar-refractivity contribution < 1.29 is 14.7 Å². The summed E-state index contributed by atoms with van der Waals surface area (Å²) in [5.41, 5.74) is 0.125. The molecule has 4 nitrogen and oxygen atoms in total. The summed E-state index contributed by atoms with van der Waals surface area (Å²) < 4.78 is 0.906. The van der Waals surface area contributed by atoms with Crippen molar-refractivity contribution >= 4 is 27.8 Å². The highest BCUT2D eigenvalue weighted by molar-refractivity contribution is 9.10. The van der Waals surface area contributed by atoms with Gasteiger partial charge < -0.3 is 10.0 Å². The van der Waals surface area contributed by atoms with Crippen molar-refractivity contribution in [2.24, 2.45) is 5.41 Å². The van der Waals surface area contributed by atoms with Crippen LogP contribution in [-0.4, -0.2) is 35.0 Å². The topological polar surface area (TPSA) is 57.6 Å². The molecule has 1 aromatic carbocycles. The minimum absolute atomic E-state index is 0.0168. The van der Waals surface area contributed by atoms with Crippen LogP contribution in [0.2, 0.25) is 0 Å². The number of aliphatic carboxylic acids is 1. The van der Waals surface area contributed by atoms with Crippen LogP contribution in [-0.2, 0) is 16.0 Å². The Morgan fingerprint density at radius 2 is 2.11 bits per heavy atom. The van der Waals surface area contributed by atoms with Crippen molar-refractivity contribution in [1.82, 2.24) is 4.90 Å². The zero-order valence-corrected chi connectivity index (χ0v) is 12.3. The first-order valence-electron chi connectivity index (χ1n) is 6.17. The van der Waals surface area contributed by atoms with Crippen LogP contribution in [0.25, 0.3) is 0 Å². The second-order valence-electron chi connectivity index (χ2n) is 5.20. The Hall–Kier alpha value is -1.36. The Morgan fingerprint density at radius 3 is 2.68 bits per heavy atom. The molecule has 1 aliphatic rings. The van der Waals surface area contributed by atoms with Gasteiger partial charge in [0.05, 0.1) is 11.8 Å². The highest BCUT2D eigenvalue weighted by Crippen LogP contribution is 2.30. The van der Waals surface area contributed by atoms with E-state index < -0.39 is 11.4 Å². The van der Waals surface area contributed by atoms with E-state index in [9.17, 15) is 9.59 Å². The molecule has 1 amide bonds. The van der Waals surface area contributed by atoms with Crippen LogP contribution in [0.4, 0.5) is 0 Å². The molecule has 0 bridgehead atoms. The lowest BCUT2D eigenvalue weighted by Gasteiger charge is -2.20. The van der Waals surface area contributed by atoms with Crippen LogP contribution in [0.1, 0.15) is 18.9 Å². The Morgan fingerprint density at radius 1 is 1.42 bits per heavy atom. The fourth-order valence-electron chi connectivity index (χ4n) is 2.27. The van der Waals surface area contributed by atoms with Crippen molar-refractivity contribution in [2.75, 3.05) is 13.1 Å². The third-order valence-electron chi connectivity index (χ3n) is 3.64. The molecule has 5 heteroatoms. The molecule has 19 heavy (non-hydrogen) atoms. The molecule has 1 atom stereocenters. The number of carboxylic acids is 1. The first kappa shape index (κ1) is 14.1. The second-order valence-corrected chi connectivity index (χ2v) is 6.05. The van der Waals surface area contributed by atoms with Crippen molar-refractivity contribution in [1.29, 1.82) is 0 Å². The molecule has 0 aliphatic carbocycles. The van der Waals surface area contributed by atoms with E-state index in [0.29, 0.717) is 25.9 Å². The number of nitrogens with zero attached hydrogens (tertiary/aromatic N) is 1. The van der Waals surface area contributed by atoms with Gasteiger partial charge in [-0.1, -0.05) is 34.1 Å². The van der Waals surface area contributed by atoms with Gasteiger partial charge in [0.15, 0.2) is 0 Å². The number of benzene rings is 1. The summed E-state index contributed by atoms with van der Waals surface area (Å²) in [5.74, 6) is -0.847. The Labute approximate surface area is 120 Å². The summed E-state index contributed by atoms with van der Waals surface area (Å²) in [6.45, 7) is 2.51. The molecule has 1 heterocycles. The first-order chi connectivity index (χ1) is 8.92. The van der Waals surface area contributed by atoms with Gasteiger partial charge in [-0.2, -0.15) is 0 Å². The summed E-state index contributed by atoms with van der Waals surface area (Å²) in [7, 11) is 0. The van der Waals surface area contributed by atoms with Crippen LogP contribution in [0, 0.1) is 5.41 Å². The summed E-state index contributed by atoms with van der Waals surface area (Å²) in [6.07, 6.45) is 0.821. The minimum atomic E-state index is -0.830. The molecule has 1 saturated heterocycles. The predicted octanol–water partition coefficient (Wildman–Crippen LogP) is 2.31.